The largest absolute Gasteiger partial charge is 0.300 e. The smallest absolute Gasteiger partial charge is 0.133 e. The van der Waals surface area contributed by atoms with Gasteiger partial charge in [-0.3, -0.25) is 9.78 Å². The molecule has 1 aromatic rings. The van der Waals surface area contributed by atoms with Crippen molar-refractivity contribution in [3.05, 3.63) is 24.0 Å². The number of rotatable bonds is 7. The van der Waals surface area contributed by atoms with Crippen molar-refractivity contribution in [2.75, 3.05) is 13.3 Å². The first-order chi connectivity index (χ1) is 8.60. The second kappa shape index (κ2) is 7.63. The van der Waals surface area contributed by atoms with E-state index in [9.17, 15) is 4.79 Å². The summed E-state index contributed by atoms with van der Waals surface area (Å²) in [5.74, 6) is 0.748. The maximum Gasteiger partial charge on any atom is 0.133 e. The lowest BCUT2D eigenvalue weighted by molar-refractivity contribution is -0.119. The van der Waals surface area contributed by atoms with Gasteiger partial charge in [0.25, 0.3) is 0 Å². The lowest BCUT2D eigenvalue weighted by Crippen LogP contribution is -2.16. The molecule has 1 unspecified atom stereocenters. The Morgan fingerprint density at radius 1 is 1.39 bits per heavy atom. The van der Waals surface area contributed by atoms with E-state index < -0.39 is 0 Å². The van der Waals surface area contributed by atoms with Crippen LogP contribution in [0.4, 0.5) is 0 Å². The highest BCUT2D eigenvalue weighted by Crippen LogP contribution is 2.32. The second-order valence-electron chi connectivity index (χ2n) is 4.91. The summed E-state index contributed by atoms with van der Waals surface area (Å²) in [5.41, 5.74) is 1.35. The molecule has 0 N–H and O–H groups in total. The molecule has 100 valence electrons. The molecular formula is C15H24NOP. The Bertz CT molecular complexity index is 390. The van der Waals surface area contributed by atoms with Gasteiger partial charge in [-0.1, -0.05) is 28.2 Å². The van der Waals surface area contributed by atoms with E-state index in [-0.39, 0.29) is 7.92 Å². The highest BCUT2D eigenvalue weighted by molar-refractivity contribution is 7.64. The van der Waals surface area contributed by atoms with E-state index in [1.165, 1.54) is 10.9 Å². The summed E-state index contributed by atoms with van der Waals surface area (Å²) in [7, 11) is -0.163. The second-order valence-corrected chi connectivity index (χ2v) is 7.18. The van der Waals surface area contributed by atoms with Crippen LogP contribution in [-0.4, -0.2) is 24.1 Å². The van der Waals surface area contributed by atoms with E-state index >= 15 is 0 Å². The van der Waals surface area contributed by atoms with Crippen molar-refractivity contribution in [2.45, 2.75) is 45.4 Å². The SMILES string of the molecule is CCCC(CC(=O)CC)c1ccncc1P(C)C. The van der Waals surface area contributed by atoms with Gasteiger partial charge >= 0.3 is 0 Å². The molecular weight excluding hydrogens is 241 g/mol. The topological polar surface area (TPSA) is 30.0 Å². The number of nitrogens with zero attached hydrogens (tertiary/aromatic N) is 1. The number of carbonyl (C=O) groups excluding carboxylic acids is 1. The molecule has 0 aliphatic rings. The first-order valence-electron chi connectivity index (χ1n) is 6.73. The van der Waals surface area contributed by atoms with E-state index in [1.807, 2.05) is 19.3 Å². The Morgan fingerprint density at radius 3 is 2.67 bits per heavy atom. The zero-order valence-corrected chi connectivity index (χ0v) is 12.8. The van der Waals surface area contributed by atoms with Crippen LogP contribution >= 0.6 is 7.92 Å². The first kappa shape index (κ1) is 15.3. The molecule has 1 aromatic heterocycles. The van der Waals surface area contributed by atoms with Crippen molar-refractivity contribution in [3.63, 3.8) is 0 Å². The highest BCUT2D eigenvalue weighted by Gasteiger charge is 2.18. The third-order valence-corrected chi connectivity index (χ3v) is 4.60. The van der Waals surface area contributed by atoms with Crippen LogP contribution in [0.5, 0.6) is 0 Å². The molecule has 18 heavy (non-hydrogen) atoms. The molecule has 0 spiro atoms. The Balaban J connectivity index is 3.01. The van der Waals surface area contributed by atoms with E-state index in [0.29, 0.717) is 24.5 Å². The van der Waals surface area contributed by atoms with Crippen LogP contribution in [0.2, 0.25) is 0 Å². The molecule has 0 aliphatic heterocycles. The van der Waals surface area contributed by atoms with Gasteiger partial charge < -0.3 is 0 Å². The fourth-order valence-corrected chi connectivity index (χ4v) is 3.32. The average Bonchev–Trinajstić information content (AvgIpc) is 2.38. The molecule has 3 heteroatoms. The number of aromatic nitrogens is 1. The lowest BCUT2D eigenvalue weighted by Gasteiger charge is -2.21. The standard InChI is InChI=1S/C15H24NOP/c1-5-7-12(10-13(17)6-2)14-8-9-16-11-15(14)18(3)4/h8-9,11-12H,5-7,10H2,1-4H3. The van der Waals surface area contributed by atoms with Crippen molar-refractivity contribution in [2.24, 2.45) is 0 Å². The molecule has 0 fully saturated rings. The molecule has 1 rings (SSSR count). The minimum absolute atomic E-state index is 0.163. The van der Waals surface area contributed by atoms with Gasteiger partial charge in [0, 0.05) is 25.2 Å². The van der Waals surface area contributed by atoms with Gasteiger partial charge in [-0.2, -0.15) is 0 Å². The predicted octanol–water partition coefficient (Wildman–Crippen LogP) is 3.70. The number of hydrogen-bond acceptors (Lipinski definition) is 2. The molecule has 0 saturated heterocycles. The normalized spacial score (nSPS) is 12.7. The van der Waals surface area contributed by atoms with Gasteiger partial charge in [0.2, 0.25) is 0 Å². The van der Waals surface area contributed by atoms with Gasteiger partial charge in [-0.25, -0.2) is 0 Å². The molecule has 2 nitrogen and oxygen atoms in total. The van der Waals surface area contributed by atoms with Crippen LogP contribution in [0.15, 0.2) is 18.5 Å². The number of hydrogen-bond donors (Lipinski definition) is 0. The minimum Gasteiger partial charge on any atom is -0.300 e. The van der Waals surface area contributed by atoms with Crippen molar-refractivity contribution in [3.8, 4) is 0 Å². The monoisotopic (exact) mass is 265 g/mol. The molecule has 0 radical (unpaired) electrons. The number of Topliss-reactive ketones (excluding diaryl/α,β-unsaturated/α-hetero) is 1. The lowest BCUT2D eigenvalue weighted by atomic mass is 9.90. The summed E-state index contributed by atoms with van der Waals surface area (Å²) >= 11 is 0. The maximum atomic E-state index is 11.7. The summed E-state index contributed by atoms with van der Waals surface area (Å²) in [5, 5.41) is 1.36. The van der Waals surface area contributed by atoms with Gasteiger partial charge in [-0.05, 0) is 42.6 Å². The quantitative estimate of drug-likeness (QED) is 0.704. The van der Waals surface area contributed by atoms with Gasteiger partial charge in [0.1, 0.15) is 5.78 Å². The van der Waals surface area contributed by atoms with Crippen LogP contribution in [0, 0.1) is 0 Å². The van der Waals surface area contributed by atoms with Crippen molar-refractivity contribution in [1.82, 2.24) is 4.98 Å². The predicted molar refractivity (Wildman–Crippen MR) is 80.2 cm³/mol. The maximum absolute atomic E-state index is 11.7. The van der Waals surface area contributed by atoms with Gasteiger partial charge in [0.15, 0.2) is 0 Å². The Hall–Kier alpha value is -0.750. The number of carbonyl (C=O) groups is 1. The Morgan fingerprint density at radius 2 is 2.11 bits per heavy atom. The third kappa shape index (κ3) is 4.17. The first-order valence-corrected chi connectivity index (χ1v) is 8.96. The minimum atomic E-state index is -0.163. The molecule has 1 heterocycles. The average molecular weight is 265 g/mol. The molecule has 1 atom stereocenters. The fraction of sp³-hybridized carbons (Fsp3) is 0.600. The van der Waals surface area contributed by atoms with Gasteiger partial charge in [0.05, 0.1) is 0 Å². The summed E-state index contributed by atoms with van der Waals surface area (Å²) in [6, 6.07) is 2.11. The van der Waals surface area contributed by atoms with Crippen LogP contribution in [0.1, 0.15) is 51.0 Å². The summed E-state index contributed by atoms with van der Waals surface area (Å²) in [6.45, 7) is 8.64. The third-order valence-electron chi connectivity index (χ3n) is 3.26. The Kier molecular flexibility index (Phi) is 6.49. The zero-order valence-electron chi connectivity index (χ0n) is 11.9. The van der Waals surface area contributed by atoms with Crippen LogP contribution < -0.4 is 5.30 Å². The summed E-state index contributed by atoms with van der Waals surface area (Å²) in [4.78, 5) is 16.0. The number of pyridine rings is 1. The van der Waals surface area contributed by atoms with Crippen molar-refractivity contribution >= 4 is 19.0 Å². The molecule has 0 saturated carbocycles. The molecule has 0 amide bonds. The molecule has 0 aromatic carbocycles. The van der Waals surface area contributed by atoms with E-state index in [0.717, 1.165) is 12.8 Å². The highest BCUT2D eigenvalue weighted by atomic mass is 31.1. The number of ketones is 1. The fourth-order valence-electron chi connectivity index (χ4n) is 2.25. The van der Waals surface area contributed by atoms with Crippen LogP contribution in [0.25, 0.3) is 0 Å². The zero-order chi connectivity index (χ0) is 13.5. The van der Waals surface area contributed by atoms with Crippen LogP contribution in [-0.2, 0) is 4.79 Å². The van der Waals surface area contributed by atoms with Crippen molar-refractivity contribution in [1.29, 1.82) is 0 Å². The molecule has 0 aliphatic carbocycles. The van der Waals surface area contributed by atoms with Crippen LogP contribution in [0.3, 0.4) is 0 Å². The van der Waals surface area contributed by atoms with E-state index in [2.05, 4.69) is 31.3 Å². The van der Waals surface area contributed by atoms with E-state index in [1.54, 1.807) is 0 Å². The summed E-state index contributed by atoms with van der Waals surface area (Å²) in [6.07, 6.45) is 7.38. The van der Waals surface area contributed by atoms with Gasteiger partial charge in [-0.15, -0.1) is 0 Å². The van der Waals surface area contributed by atoms with Crippen molar-refractivity contribution < 1.29 is 4.79 Å². The molecule has 0 bridgehead atoms. The summed E-state index contributed by atoms with van der Waals surface area (Å²) < 4.78 is 0. The Labute approximate surface area is 112 Å². The van der Waals surface area contributed by atoms with E-state index in [4.69, 9.17) is 0 Å².